The summed E-state index contributed by atoms with van der Waals surface area (Å²) in [5.74, 6) is 0.951. The molecule has 0 spiro atoms. The molecule has 1 aromatic carbocycles. The van der Waals surface area contributed by atoms with E-state index in [0.717, 1.165) is 19.4 Å². The Morgan fingerprint density at radius 1 is 1.21 bits per heavy atom. The fourth-order valence-electron chi connectivity index (χ4n) is 4.25. The molecule has 0 bridgehead atoms. The first-order valence-electron chi connectivity index (χ1n) is 10.1. The fraction of sp³-hybridized carbons (Fsp3) is 0.636. The summed E-state index contributed by atoms with van der Waals surface area (Å²) in [5.41, 5.74) is 0.598. The number of piperidine rings is 1. The lowest BCUT2D eigenvalue weighted by atomic mass is 9.72. The van der Waals surface area contributed by atoms with Gasteiger partial charge in [0.25, 0.3) is 0 Å². The van der Waals surface area contributed by atoms with Crippen molar-refractivity contribution in [2.24, 2.45) is 5.92 Å². The summed E-state index contributed by atoms with van der Waals surface area (Å²) < 4.78 is 5.54. The van der Waals surface area contributed by atoms with Gasteiger partial charge in [-0.3, -0.25) is 4.79 Å². The summed E-state index contributed by atoms with van der Waals surface area (Å²) >= 11 is 6.00. The summed E-state index contributed by atoms with van der Waals surface area (Å²) in [6.45, 7) is 8.33. The van der Waals surface area contributed by atoms with Gasteiger partial charge in [0, 0.05) is 43.9 Å². The van der Waals surface area contributed by atoms with E-state index in [0.29, 0.717) is 31.9 Å². The van der Waals surface area contributed by atoms with E-state index in [1.807, 2.05) is 43.9 Å². The van der Waals surface area contributed by atoms with E-state index in [1.165, 1.54) is 5.56 Å². The second-order valence-electron chi connectivity index (χ2n) is 9.11. The normalized spacial score (nSPS) is 22.4. The van der Waals surface area contributed by atoms with Gasteiger partial charge in [0.05, 0.1) is 0 Å². The fourth-order valence-corrected chi connectivity index (χ4v) is 4.46. The van der Waals surface area contributed by atoms with Crippen molar-refractivity contribution < 1.29 is 14.3 Å². The first-order valence-corrected chi connectivity index (χ1v) is 10.6. The number of hydrogen-bond donors (Lipinski definition) is 0. The highest BCUT2D eigenvalue weighted by molar-refractivity contribution is 6.18. The standard InChI is InChI=1S/C22H31ClN2O3/c1-21(2,3)28-20(27)24-11-9-22(10-12-24,18-7-5-4-6-8-18)16-25-15-17(14-23)13-19(25)26/h4-8,17H,9-16H2,1-3H3. The molecule has 2 fully saturated rings. The van der Waals surface area contributed by atoms with Crippen LogP contribution in [-0.4, -0.2) is 59.5 Å². The van der Waals surface area contributed by atoms with Gasteiger partial charge in [0.2, 0.25) is 5.91 Å². The molecule has 3 rings (SSSR count). The predicted molar refractivity (Wildman–Crippen MR) is 111 cm³/mol. The number of nitrogens with zero attached hydrogens (tertiary/aromatic N) is 2. The van der Waals surface area contributed by atoms with E-state index < -0.39 is 5.60 Å². The van der Waals surface area contributed by atoms with Crippen LogP contribution in [-0.2, 0) is 14.9 Å². The molecule has 2 saturated heterocycles. The van der Waals surface area contributed by atoms with Crippen LogP contribution in [0, 0.1) is 5.92 Å². The highest BCUT2D eigenvalue weighted by Gasteiger charge is 2.42. The molecule has 2 aliphatic heterocycles. The molecule has 0 aliphatic carbocycles. The third-order valence-electron chi connectivity index (χ3n) is 5.76. The topological polar surface area (TPSA) is 49.9 Å². The van der Waals surface area contributed by atoms with E-state index in [9.17, 15) is 9.59 Å². The second-order valence-corrected chi connectivity index (χ2v) is 9.42. The lowest BCUT2D eigenvalue weighted by Gasteiger charge is -2.44. The number of benzene rings is 1. The predicted octanol–water partition coefficient (Wildman–Crippen LogP) is 4.04. The molecule has 1 atom stereocenters. The van der Waals surface area contributed by atoms with Crippen LogP contribution in [0.4, 0.5) is 4.79 Å². The zero-order valence-corrected chi connectivity index (χ0v) is 17.9. The molecule has 154 valence electrons. The van der Waals surface area contributed by atoms with Gasteiger partial charge in [0.1, 0.15) is 5.60 Å². The number of alkyl halides is 1. The van der Waals surface area contributed by atoms with Crippen molar-refractivity contribution in [3.63, 3.8) is 0 Å². The van der Waals surface area contributed by atoms with Gasteiger partial charge in [-0.25, -0.2) is 4.79 Å². The average Bonchev–Trinajstić information content (AvgIpc) is 3.01. The molecule has 1 unspecified atom stereocenters. The lowest BCUT2D eigenvalue weighted by molar-refractivity contribution is -0.128. The smallest absolute Gasteiger partial charge is 0.410 e. The Morgan fingerprint density at radius 3 is 2.39 bits per heavy atom. The molecule has 0 saturated carbocycles. The van der Waals surface area contributed by atoms with Crippen molar-refractivity contribution in [2.45, 2.75) is 51.0 Å². The van der Waals surface area contributed by atoms with E-state index in [2.05, 4.69) is 12.1 Å². The van der Waals surface area contributed by atoms with Crippen molar-refractivity contribution in [1.29, 1.82) is 0 Å². The molecule has 0 radical (unpaired) electrons. The third-order valence-corrected chi connectivity index (χ3v) is 6.20. The summed E-state index contributed by atoms with van der Waals surface area (Å²) in [6.07, 6.45) is 1.91. The highest BCUT2D eigenvalue weighted by Crippen LogP contribution is 2.38. The van der Waals surface area contributed by atoms with Gasteiger partial charge in [-0.1, -0.05) is 30.3 Å². The van der Waals surface area contributed by atoms with E-state index in [-0.39, 0.29) is 23.3 Å². The Bertz CT molecular complexity index is 693. The minimum atomic E-state index is -0.496. The zero-order valence-electron chi connectivity index (χ0n) is 17.1. The first kappa shape index (κ1) is 21.0. The lowest BCUT2D eigenvalue weighted by Crippen LogP contribution is -2.51. The Labute approximate surface area is 173 Å². The molecule has 2 heterocycles. The molecule has 1 aromatic rings. The molecule has 5 nitrogen and oxygen atoms in total. The molecule has 6 heteroatoms. The van der Waals surface area contributed by atoms with Crippen LogP contribution < -0.4 is 0 Å². The van der Waals surface area contributed by atoms with Gasteiger partial charge < -0.3 is 14.5 Å². The average molecular weight is 407 g/mol. The summed E-state index contributed by atoms with van der Waals surface area (Å²) in [6, 6.07) is 10.4. The van der Waals surface area contributed by atoms with Crippen molar-refractivity contribution in [3.05, 3.63) is 35.9 Å². The van der Waals surface area contributed by atoms with Crippen LogP contribution in [0.1, 0.15) is 45.6 Å². The molecule has 0 N–H and O–H groups in total. The maximum Gasteiger partial charge on any atom is 0.410 e. The maximum atomic E-state index is 12.5. The molecule has 2 aliphatic rings. The Hall–Kier alpha value is -1.75. The first-order chi connectivity index (χ1) is 13.2. The minimum absolute atomic E-state index is 0.142. The number of halogens is 1. The van der Waals surface area contributed by atoms with E-state index in [1.54, 1.807) is 4.90 Å². The van der Waals surface area contributed by atoms with Gasteiger partial charge in [-0.2, -0.15) is 0 Å². The number of ether oxygens (including phenoxy) is 1. The van der Waals surface area contributed by atoms with Crippen LogP contribution in [0.3, 0.4) is 0 Å². The van der Waals surface area contributed by atoms with Crippen molar-refractivity contribution in [2.75, 3.05) is 32.1 Å². The molecular weight excluding hydrogens is 376 g/mol. The maximum absolute atomic E-state index is 12.5. The van der Waals surface area contributed by atoms with E-state index in [4.69, 9.17) is 16.3 Å². The zero-order chi connectivity index (χ0) is 20.4. The monoisotopic (exact) mass is 406 g/mol. The quantitative estimate of drug-likeness (QED) is 0.709. The number of carbonyl (C=O) groups excluding carboxylic acids is 2. The van der Waals surface area contributed by atoms with Gasteiger partial charge in [-0.05, 0) is 45.1 Å². The van der Waals surface area contributed by atoms with Crippen LogP contribution >= 0.6 is 11.6 Å². The minimum Gasteiger partial charge on any atom is -0.444 e. The number of carbonyl (C=O) groups is 2. The summed E-state index contributed by atoms with van der Waals surface area (Å²) in [7, 11) is 0. The van der Waals surface area contributed by atoms with Crippen molar-refractivity contribution in [1.82, 2.24) is 9.80 Å². The second kappa shape index (κ2) is 8.32. The van der Waals surface area contributed by atoms with Gasteiger partial charge in [-0.15, -0.1) is 11.6 Å². The Morgan fingerprint density at radius 2 is 1.86 bits per heavy atom. The number of rotatable bonds is 4. The third kappa shape index (κ3) is 4.80. The highest BCUT2D eigenvalue weighted by atomic mass is 35.5. The Kier molecular flexibility index (Phi) is 6.23. The van der Waals surface area contributed by atoms with Crippen LogP contribution in [0.2, 0.25) is 0 Å². The van der Waals surface area contributed by atoms with Crippen LogP contribution in [0.15, 0.2) is 30.3 Å². The number of likely N-dealkylation sites (tertiary alicyclic amines) is 2. The van der Waals surface area contributed by atoms with Crippen molar-refractivity contribution in [3.8, 4) is 0 Å². The molecule has 0 aromatic heterocycles. The van der Waals surface area contributed by atoms with E-state index >= 15 is 0 Å². The summed E-state index contributed by atoms with van der Waals surface area (Å²) in [4.78, 5) is 28.7. The largest absolute Gasteiger partial charge is 0.444 e. The Balaban J connectivity index is 1.75. The SMILES string of the molecule is CC(C)(C)OC(=O)N1CCC(CN2CC(CCl)CC2=O)(c2ccccc2)CC1. The van der Waals surface area contributed by atoms with Crippen LogP contribution in [0.5, 0.6) is 0 Å². The molecule has 2 amide bonds. The summed E-state index contributed by atoms with van der Waals surface area (Å²) in [5, 5.41) is 0. The van der Waals surface area contributed by atoms with Gasteiger partial charge >= 0.3 is 6.09 Å². The number of amides is 2. The molecule has 28 heavy (non-hydrogen) atoms. The van der Waals surface area contributed by atoms with Crippen LogP contribution in [0.25, 0.3) is 0 Å². The van der Waals surface area contributed by atoms with Crippen molar-refractivity contribution >= 4 is 23.6 Å². The van der Waals surface area contributed by atoms with Gasteiger partial charge in [0.15, 0.2) is 0 Å². The molecular formula is C22H31ClN2O3. The number of hydrogen-bond acceptors (Lipinski definition) is 3.